The number of aromatic hydroxyl groups is 2. The number of carbonyl (C=O) groups excluding carboxylic acids is 5. The van der Waals surface area contributed by atoms with Gasteiger partial charge in [0.1, 0.15) is 28.4 Å². The fourth-order valence-corrected chi connectivity index (χ4v) is 7.58. The van der Waals surface area contributed by atoms with Gasteiger partial charge in [-0.2, -0.15) is 0 Å². The Bertz CT molecular complexity index is 2410. The molecule has 0 bridgehead atoms. The zero-order valence-electron chi connectivity index (χ0n) is 50.7. The van der Waals surface area contributed by atoms with E-state index in [9.17, 15) is 39.0 Å². The number of ether oxygens (including phenoxy) is 2. The van der Waals surface area contributed by atoms with Crippen molar-refractivity contribution >= 4 is 41.3 Å². The van der Waals surface area contributed by atoms with Crippen molar-refractivity contribution < 1.29 is 53.6 Å². The van der Waals surface area contributed by atoms with Gasteiger partial charge in [0.2, 0.25) is 0 Å². The van der Waals surface area contributed by atoms with E-state index in [-0.39, 0.29) is 70.0 Å². The molecule has 2 aromatic carbocycles. The largest absolute Gasteiger partial charge is 0.507 e. The van der Waals surface area contributed by atoms with Crippen molar-refractivity contribution in [2.45, 2.75) is 236 Å². The summed E-state index contributed by atoms with van der Waals surface area (Å²) in [6, 6.07) is 8.45. The molecule has 0 amide bonds. The number of allylic oxidation sites excluding steroid dienone is 20. The third-order valence-electron chi connectivity index (χ3n) is 12.2. The summed E-state index contributed by atoms with van der Waals surface area (Å²) >= 11 is 0. The van der Waals surface area contributed by atoms with E-state index < -0.39 is 29.8 Å². The van der Waals surface area contributed by atoms with Crippen molar-refractivity contribution in [2.75, 3.05) is 5.73 Å². The number of unbranched alkanes of at least 4 members (excludes halogenated alkanes) is 10. The summed E-state index contributed by atoms with van der Waals surface area (Å²) in [5, 5.41) is 28.0. The molecule has 2 aromatic rings. The Morgan fingerprint density at radius 2 is 0.744 bits per heavy atom. The quantitative estimate of drug-likeness (QED) is 0.0122. The predicted octanol–water partition coefficient (Wildman–Crippen LogP) is 20.4. The Hall–Kier alpha value is -7.34. The lowest BCUT2D eigenvalue weighted by molar-refractivity contribution is -0.139. The molecule has 0 unspecified atom stereocenters. The second kappa shape index (κ2) is 62.2. The molecule has 0 heterocycles. The number of anilines is 1. The average Bonchev–Trinajstić information content (AvgIpc) is 3.56. The van der Waals surface area contributed by atoms with Crippen molar-refractivity contribution in [3.8, 4) is 11.5 Å². The number of hydrogen-bond acceptors (Lipinski definition) is 11. The highest BCUT2D eigenvalue weighted by Gasteiger charge is 2.19. The molecular formula is C74H113NO11. The highest BCUT2D eigenvalue weighted by Crippen LogP contribution is 2.23. The van der Waals surface area contributed by atoms with Crippen LogP contribution >= 0.6 is 0 Å². The standard InChI is InChI=1S/C36H50O5.C27H35NO4.C8H16O2.3CH4/c1-3-5-7-9-10-11-12-13-14-15-16-17-18-19-20-22-24-26-35(39)41-36(40)33-30-31(27-28-34(33)38)29-32(37)25-23-21-8-6-4-2;1-2-3-4-5-6-7-8-9-10-11-12-13-14-15-16-17-18-19-26(30)32-27(31)24-22-23(28)20-21-25(24)29;1-2-3-4-5-6-7-8(9)10;;;/h5,7,10-11,13-14,16-17,19-20,27-28,30,38H,3-4,6,8-9,12,15,18,21-26,29H2,1-2H3;3-4,6-7,9-10,12-13,15-16,20-22,29H,2,5,8,11,14,17-19,28H2,1H3;2-7H2,1H3,(H,9,10);3*1H4/b7-5-,11-10-,14-13-,17-16-,20-19-;4-3-,7-6-,10-9-,13-12-,16-15-;;;;. The van der Waals surface area contributed by atoms with Gasteiger partial charge in [0.15, 0.2) is 0 Å². The maximum atomic E-state index is 12.4. The van der Waals surface area contributed by atoms with Gasteiger partial charge in [0.05, 0.1) is 0 Å². The number of nitrogen functional groups attached to an aromatic ring is 1. The number of phenolic OH excluding ortho intramolecular Hbond substituents is 2. The number of hydrogen-bond donors (Lipinski definition) is 4. The number of carbonyl (C=O) groups is 6. The zero-order valence-corrected chi connectivity index (χ0v) is 50.7. The Labute approximate surface area is 520 Å². The van der Waals surface area contributed by atoms with Gasteiger partial charge >= 0.3 is 29.8 Å². The molecule has 86 heavy (non-hydrogen) atoms. The smallest absolute Gasteiger partial charge is 0.349 e. The first-order valence-electron chi connectivity index (χ1n) is 30.4. The van der Waals surface area contributed by atoms with E-state index >= 15 is 0 Å². The Balaban J connectivity index is -0.000000665. The lowest BCUT2D eigenvalue weighted by atomic mass is 10.0. The van der Waals surface area contributed by atoms with Crippen LogP contribution in [0.3, 0.4) is 0 Å². The molecule has 0 saturated heterocycles. The molecule has 0 atom stereocenters. The van der Waals surface area contributed by atoms with Gasteiger partial charge in [-0.1, -0.05) is 229 Å². The van der Waals surface area contributed by atoms with Crippen molar-refractivity contribution in [1.29, 1.82) is 0 Å². The number of benzene rings is 2. The fourth-order valence-electron chi connectivity index (χ4n) is 7.58. The zero-order chi connectivity index (χ0) is 61.2. The molecule has 12 nitrogen and oxygen atoms in total. The molecule has 2 rings (SSSR count). The summed E-state index contributed by atoms with van der Waals surface area (Å²) < 4.78 is 9.70. The summed E-state index contributed by atoms with van der Waals surface area (Å²) in [6.07, 6.45) is 67.0. The van der Waals surface area contributed by atoms with Crippen molar-refractivity contribution in [3.63, 3.8) is 0 Å². The van der Waals surface area contributed by atoms with Crippen LogP contribution in [0.25, 0.3) is 0 Å². The van der Waals surface area contributed by atoms with E-state index in [0.29, 0.717) is 43.4 Å². The van der Waals surface area contributed by atoms with E-state index in [1.165, 1.54) is 56.0 Å². The Kier molecular flexibility index (Phi) is 61.6. The first-order valence-corrected chi connectivity index (χ1v) is 30.4. The highest BCUT2D eigenvalue weighted by molar-refractivity contribution is 6.00. The monoisotopic (exact) mass is 1190 g/mol. The number of aliphatic carboxylic acids is 1. The van der Waals surface area contributed by atoms with Crippen LogP contribution in [0.5, 0.6) is 11.5 Å². The number of rotatable bonds is 42. The molecule has 480 valence electrons. The van der Waals surface area contributed by atoms with Gasteiger partial charge in [0, 0.05) is 37.8 Å². The maximum Gasteiger partial charge on any atom is 0.349 e. The Morgan fingerprint density at radius 1 is 0.407 bits per heavy atom. The van der Waals surface area contributed by atoms with E-state index in [1.54, 1.807) is 6.07 Å². The average molecular weight is 1190 g/mol. The van der Waals surface area contributed by atoms with Gasteiger partial charge in [-0.3, -0.25) is 19.2 Å². The number of nitrogens with two attached hydrogens (primary N) is 1. The molecule has 0 aliphatic heterocycles. The minimum Gasteiger partial charge on any atom is -0.507 e. The molecule has 0 aliphatic carbocycles. The minimum atomic E-state index is -0.894. The van der Waals surface area contributed by atoms with Crippen LogP contribution in [0, 0.1) is 0 Å². The van der Waals surface area contributed by atoms with E-state index in [2.05, 4.69) is 131 Å². The van der Waals surface area contributed by atoms with E-state index in [0.717, 1.165) is 109 Å². The minimum absolute atomic E-state index is 0. The predicted molar refractivity (Wildman–Crippen MR) is 361 cm³/mol. The second-order valence-electron chi connectivity index (χ2n) is 19.8. The summed E-state index contributed by atoms with van der Waals surface area (Å²) in [4.78, 5) is 70.6. The number of esters is 4. The van der Waals surface area contributed by atoms with Crippen LogP contribution in [-0.2, 0) is 35.1 Å². The van der Waals surface area contributed by atoms with Gasteiger partial charge in [0.25, 0.3) is 0 Å². The molecule has 0 fully saturated rings. The fraction of sp³-hybridized carbons (Fsp3) is 0.486. The van der Waals surface area contributed by atoms with Gasteiger partial charge in [-0.15, -0.1) is 0 Å². The van der Waals surface area contributed by atoms with Crippen molar-refractivity contribution in [2.24, 2.45) is 0 Å². The van der Waals surface area contributed by atoms with Crippen molar-refractivity contribution in [1.82, 2.24) is 0 Å². The topological polar surface area (TPSA) is 208 Å². The SMILES string of the molecule is C.C.C.CC/C=C\C/C=C\C/C=C\C/C=C\C/C=C\CCCC(=O)OC(=O)c1cc(CC(=O)CCCCCCC)ccc1O.CC/C=C\C/C=C\C/C=C\C/C=C\C/C=C\CCCC(=O)OC(=O)c1cc(N)ccc1O.CCCCCCCC(=O)O. The van der Waals surface area contributed by atoms with Crippen molar-refractivity contribution in [3.05, 3.63) is 175 Å². The first kappa shape index (κ1) is 85.1. The van der Waals surface area contributed by atoms with Crippen LogP contribution in [-0.4, -0.2) is 50.9 Å². The third-order valence-corrected chi connectivity index (χ3v) is 12.2. The molecule has 0 spiro atoms. The van der Waals surface area contributed by atoms with Crippen LogP contribution in [0.1, 0.15) is 256 Å². The van der Waals surface area contributed by atoms with Gasteiger partial charge < -0.3 is 30.5 Å². The highest BCUT2D eigenvalue weighted by atomic mass is 16.6. The van der Waals surface area contributed by atoms with E-state index in [1.807, 2.05) is 18.2 Å². The third kappa shape index (κ3) is 53.4. The molecule has 0 radical (unpaired) electrons. The first-order chi connectivity index (χ1) is 40.3. The number of carboxylic acid groups (broad SMARTS) is 1. The number of phenols is 2. The normalized spacial score (nSPS) is 11.4. The number of Topliss-reactive ketones (excluding diaryl/α,β-unsaturated/α-hetero) is 1. The summed E-state index contributed by atoms with van der Waals surface area (Å²) in [5.74, 6) is -4.15. The van der Waals surface area contributed by atoms with Gasteiger partial charge in [-0.05, 0) is 139 Å². The molecular weight excluding hydrogens is 1080 g/mol. The second-order valence-corrected chi connectivity index (χ2v) is 19.8. The molecule has 5 N–H and O–H groups in total. The molecule has 0 aromatic heterocycles. The summed E-state index contributed by atoms with van der Waals surface area (Å²) in [7, 11) is 0. The number of ketones is 1. The molecule has 0 aliphatic rings. The van der Waals surface area contributed by atoms with Crippen LogP contribution < -0.4 is 5.73 Å². The maximum absolute atomic E-state index is 12.4. The molecule has 12 heteroatoms. The van der Waals surface area contributed by atoms with Crippen LogP contribution in [0.2, 0.25) is 0 Å². The van der Waals surface area contributed by atoms with E-state index in [4.69, 9.17) is 20.3 Å². The number of carboxylic acids is 1. The lowest BCUT2D eigenvalue weighted by Crippen LogP contribution is -2.13. The lowest BCUT2D eigenvalue weighted by Gasteiger charge is -2.07. The summed E-state index contributed by atoms with van der Waals surface area (Å²) in [5.41, 5.74) is 6.30. The summed E-state index contributed by atoms with van der Waals surface area (Å²) in [6.45, 7) is 8.57. The van der Waals surface area contributed by atoms with Crippen LogP contribution in [0.15, 0.2) is 158 Å². The van der Waals surface area contributed by atoms with Gasteiger partial charge in [-0.25, -0.2) is 9.59 Å². The Morgan fingerprint density at radius 3 is 1.12 bits per heavy atom. The van der Waals surface area contributed by atoms with Crippen LogP contribution in [0.4, 0.5) is 5.69 Å². The molecule has 0 saturated carbocycles.